The van der Waals surface area contributed by atoms with E-state index in [1.54, 1.807) is 23.1 Å². The van der Waals surface area contributed by atoms with E-state index in [4.69, 9.17) is 0 Å². The van der Waals surface area contributed by atoms with Gasteiger partial charge in [0, 0.05) is 31.7 Å². The average molecular weight is 420 g/mol. The topological polar surface area (TPSA) is 84.0 Å². The van der Waals surface area contributed by atoms with Gasteiger partial charge in [-0.25, -0.2) is 17.6 Å². The van der Waals surface area contributed by atoms with Gasteiger partial charge in [0.05, 0.1) is 17.6 Å². The summed E-state index contributed by atoms with van der Waals surface area (Å²) in [5, 5.41) is 0. The lowest BCUT2D eigenvalue weighted by Crippen LogP contribution is -2.37. The third-order valence-electron chi connectivity index (χ3n) is 4.72. The largest absolute Gasteiger partial charge is 0.465 e. The van der Waals surface area contributed by atoms with Gasteiger partial charge in [-0.3, -0.25) is 4.79 Å². The number of esters is 1. The van der Waals surface area contributed by atoms with Crippen LogP contribution in [0.4, 0.5) is 4.39 Å². The van der Waals surface area contributed by atoms with Crippen LogP contribution in [0.25, 0.3) is 0 Å². The molecule has 0 bridgehead atoms. The fourth-order valence-electron chi connectivity index (χ4n) is 3.17. The minimum atomic E-state index is -3.77. The van der Waals surface area contributed by atoms with E-state index in [-0.39, 0.29) is 36.0 Å². The van der Waals surface area contributed by atoms with Crippen LogP contribution in [0.15, 0.2) is 53.4 Å². The number of ether oxygens (including phenoxy) is 1. The third kappa shape index (κ3) is 4.63. The van der Waals surface area contributed by atoms with E-state index < -0.39 is 21.8 Å². The van der Waals surface area contributed by atoms with Gasteiger partial charge < -0.3 is 9.64 Å². The number of carbonyl (C=O) groups is 2. The van der Waals surface area contributed by atoms with E-state index in [9.17, 15) is 22.4 Å². The lowest BCUT2D eigenvalue weighted by Gasteiger charge is -2.22. The van der Waals surface area contributed by atoms with Crippen LogP contribution in [0.3, 0.4) is 0 Å². The van der Waals surface area contributed by atoms with E-state index in [2.05, 4.69) is 4.74 Å². The van der Waals surface area contributed by atoms with Gasteiger partial charge in [0.1, 0.15) is 5.82 Å². The fraction of sp³-hybridized carbons (Fsp3) is 0.300. The zero-order valence-corrected chi connectivity index (χ0v) is 16.7. The highest BCUT2D eigenvalue weighted by molar-refractivity contribution is 7.89. The molecule has 1 aliphatic rings. The van der Waals surface area contributed by atoms with Gasteiger partial charge in [0.15, 0.2) is 0 Å². The second-order valence-corrected chi connectivity index (χ2v) is 8.51. The number of carbonyl (C=O) groups excluding carboxylic acids is 2. The zero-order chi connectivity index (χ0) is 21.0. The van der Waals surface area contributed by atoms with E-state index in [0.29, 0.717) is 18.5 Å². The number of nitrogens with zero attached hydrogens (tertiary/aromatic N) is 2. The molecule has 0 spiro atoms. The lowest BCUT2D eigenvalue weighted by molar-refractivity contribution is 0.0600. The molecule has 0 aliphatic carbocycles. The second kappa shape index (κ2) is 8.71. The summed E-state index contributed by atoms with van der Waals surface area (Å²) in [7, 11) is -2.50. The van der Waals surface area contributed by atoms with Crippen molar-refractivity contribution in [2.75, 3.05) is 33.3 Å². The molecule has 154 valence electrons. The van der Waals surface area contributed by atoms with Crippen LogP contribution in [0, 0.1) is 5.82 Å². The van der Waals surface area contributed by atoms with Gasteiger partial charge in [-0.15, -0.1) is 0 Å². The Balaban J connectivity index is 1.73. The van der Waals surface area contributed by atoms with Gasteiger partial charge in [-0.2, -0.15) is 4.31 Å². The number of amides is 1. The summed E-state index contributed by atoms with van der Waals surface area (Å²) < 4.78 is 44.7. The number of rotatable bonds is 4. The minimum absolute atomic E-state index is 0.0180. The minimum Gasteiger partial charge on any atom is -0.465 e. The third-order valence-corrected chi connectivity index (χ3v) is 6.64. The van der Waals surface area contributed by atoms with Crippen LogP contribution < -0.4 is 0 Å². The molecule has 1 heterocycles. The standard InChI is InChI=1S/C20H21FN2O5S/c1-28-20(25)16-5-2-4-15(14-16)19(24)22-10-3-11-23(13-12-22)29(26,27)18-8-6-17(21)7-9-18/h2,4-9,14H,3,10-13H2,1H3. The summed E-state index contributed by atoms with van der Waals surface area (Å²) in [4.78, 5) is 26.1. The van der Waals surface area contributed by atoms with Crippen molar-refractivity contribution in [3.63, 3.8) is 0 Å². The highest BCUT2D eigenvalue weighted by Gasteiger charge is 2.28. The number of hydrogen-bond acceptors (Lipinski definition) is 5. The number of benzene rings is 2. The summed E-state index contributed by atoms with van der Waals surface area (Å²) in [6.07, 6.45) is 0.461. The lowest BCUT2D eigenvalue weighted by atomic mass is 10.1. The summed E-state index contributed by atoms with van der Waals surface area (Å²) in [5.74, 6) is -1.32. The first-order chi connectivity index (χ1) is 13.8. The molecule has 1 aliphatic heterocycles. The summed E-state index contributed by atoms with van der Waals surface area (Å²) in [6.45, 7) is 0.978. The number of methoxy groups -OCH3 is 1. The van der Waals surface area contributed by atoms with Crippen molar-refractivity contribution in [3.8, 4) is 0 Å². The van der Waals surface area contributed by atoms with Crippen molar-refractivity contribution in [2.24, 2.45) is 0 Å². The van der Waals surface area contributed by atoms with Crippen LogP contribution in [0.1, 0.15) is 27.1 Å². The van der Waals surface area contributed by atoms with Crippen molar-refractivity contribution in [1.82, 2.24) is 9.21 Å². The van der Waals surface area contributed by atoms with E-state index in [0.717, 1.165) is 12.1 Å². The Morgan fingerprint density at radius 2 is 1.66 bits per heavy atom. The quantitative estimate of drug-likeness (QED) is 0.708. The molecule has 2 aromatic rings. The SMILES string of the molecule is COC(=O)c1cccc(C(=O)N2CCCN(S(=O)(=O)c3ccc(F)cc3)CC2)c1. The van der Waals surface area contributed by atoms with Crippen molar-refractivity contribution in [2.45, 2.75) is 11.3 Å². The molecular formula is C20H21FN2O5S. The first-order valence-corrected chi connectivity index (χ1v) is 10.5. The zero-order valence-electron chi connectivity index (χ0n) is 15.9. The van der Waals surface area contributed by atoms with Crippen LogP contribution in [-0.2, 0) is 14.8 Å². The van der Waals surface area contributed by atoms with E-state index in [1.165, 1.54) is 29.6 Å². The molecule has 0 aromatic heterocycles. The van der Waals surface area contributed by atoms with Gasteiger partial charge >= 0.3 is 5.97 Å². The summed E-state index contributed by atoms with van der Waals surface area (Å²) in [5.41, 5.74) is 0.608. The molecule has 1 amide bonds. The maximum atomic E-state index is 13.1. The molecule has 3 rings (SSSR count). The second-order valence-electron chi connectivity index (χ2n) is 6.58. The predicted octanol–water partition coefficient (Wildman–Crippen LogP) is 2.15. The molecule has 0 radical (unpaired) electrons. The average Bonchev–Trinajstić information content (AvgIpc) is 3.00. The number of halogens is 1. The normalized spacial score (nSPS) is 15.6. The molecule has 9 heteroatoms. The molecule has 0 N–H and O–H groups in total. The molecular weight excluding hydrogens is 399 g/mol. The molecule has 2 aromatic carbocycles. The molecule has 0 unspecified atom stereocenters. The molecule has 0 saturated carbocycles. The Morgan fingerprint density at radius 1 is 0.966 bits per heavy atom. The summed E-state index contributed by atoms with van der Waals surface area (Å²) >= 11 is 0. The molecule has 29 heavy (non-hydrogen) atoms. The van der Waals surface area contributed by atoms with Crippen molar-refractivity contribution in [1.29, 1.82) is 0 Å². The fourth-order valence-corrected chi connectivity index (χ4v) is 4.64. The Hall–Kier alpha value is -2.78. The van der Waals surface area contributed by atoms with Gasteiger partial charge in [-0.1, -0.05) is 6.07 Å². The van der Waals surface area contributed by atoms with E-state index in [1.807, 2.05) is 0 Å². The van der Waals surface area contributed by atoms with E-state index >= 15 is 0 Å². The molecule has 0 atom stereocenters. The molecule has 7 nitrogen and oxygen atoms in total. The number of sulfonamides is 1. The van der Waals surface area contributed by atoms with Crippen LogP contribution >= 0.6 is 0 Å². The first kappa shape index (κ1) is 20.9. The highest BCUT2D eigenvalue weighted by atomic mass is 32.2. The van der Waals surface area contributed by atoms with Gasteiger partial charge in [0.2, 0.25) is 10.0 Å². The smallest absolute Gasteiger partial charge is 0.337 e. The van der Waals surface area contributed by atoms with Crippen LogP contribution in [-0.4, -0.2) is 62.8 Å². The van der Waals surface area contributed by atoms with Gasteiger partial charge in [0.25, 0.3) is 5.91 Å². The first-order valence-electron chi connectivity index (χ1n) is 9.06. The monoisotopic (exact) mass is 420 g/mol. The molecule has 1 fully saturated rings. The Morgan fingerprint density at radius 3 is 2.34 bits per heavy atom. The maximum Gasteiger partial charge on any atom is 0.337 e. The molecule has 1 saturated heterocycles. The van der Waals surface area contributed by atoms with Crippen molar-refractivity contribution < 1.29 is 27.1 Å². The Kier molecular flexibility index (Phi) is 6.29. The Labute approximate surface area is 168 Å². The highest BCUT2D eigenvalue weighted by Crippen LogP contribution is 2.19. The number of hydrogen-bond donors (Lipinski definition) is 0. The van der Waals surface area contributed by atoms with Crippen LogP contribution in [0.2, 0.25) is 0 Å². The van der Waals surface area contributed by atoms with Crippen LogP contribution in [0.5, 0.6) is 0 Å². The van der Waals surface area contributed by atoms with Crippen molar-refractivity contribution >= 4 is 21.9 Å². The summed E-state index contributed by atoms with van der Waals surface area (Å²) in [6, 6.07) is 10.9. The van der Waals surface area contributed by atoms with Crippen molar-refractivity contribution in [3.05, 3.63) is 65.5 Å². The Bertz CT molecular complexity index is 1010. The predicted molar refractivity (Wildman–Crippen MR) is 103 cm³/mol. The van der Waals surface area contributed by atoms with Gasteiger partial charge in [-0.05, 0) is 48.9 Å². The maximum absolute atomic E-state index is 13.1.